The molecule has 0 radical (unpaired) electrons. The van der Waals surface area contributed by atoms with Gasteiger partial charge in [0.1, 0.15) is 0 Å². The Morgan fingerprint density at radius 2 is 1.89 bits per heavy atom. The van der Waals surface area contributed by atoms with Crippen molar-refractivity contribution < 1.29 is 13.5 Å². The van der Waals surface area contributed by atoms with E-state index in [1.54, 1.807) is 12.1 Å². The second-order valence-electron chi connectivity index (χ2n) is 5.49. The fraction of sp³-hybridized carbons (Fsp3) is 0.571. The van der Waals surface area contributed by atoms with Crippen molar-refractivity contribution in [1.29, 1.82) is 0 Å². The molecule has 1 N–H and O–H groups in total. The number of aliphatic hydroxyl groups is 1. The quantitative estimate of drug-likeness (QED) is 0.917. The highest BCUT2D eigenvalue weighted by molar-refractivity contribution is 7.89. The van der Waals surface area contributed by atoms with Crippen molar-refractivity contribution in [2.24, 2.45) is 0 Å². The molecule has 0 amide bonds. The van der Waals surface area contributed by atoms with Gasteiger partial charge in [0.25, 0.3) is 0 Å². The van der Waals surface area contributed by atoms with Gasteiger partial charge in [0.05, 0.1) is 10.5 Å². The number of rotatable bonds is 4. The number of benzene rings is 1. The van der Waals surface area contributed by atoms with Crippen molar-refractivity contribution in [3.63, 3.8) is 0 Å². The largest absolute Gasteiger partial charge is 0.387 e. The maximum absolute atomic E-state index is 12.4. The van der Waals surface area contributed by atoms with Gasteiger partial charge in [0.15, 0.2) is 0 Å². The van der Waals surface area contributed by atoms with Crippen LogP contribution in [0.4, 0.5) is 0 Å². The lowest BCUT2D eigenvalue weighted by molar-refractivity contribution is -0.0653. The van der Waals surface area contributed by atoms with E-state index in [2.05, 4.69) is 0 Å². The maximum Gasteiger partial charge on any atom is 0.243 e. The molecule has 0 atom stereocenters. The van der Waals surface area contributed by atoms with Crippen LogP contribution in [-0.4, -0.2) is 36.5 Å². The summed E-state index contributed by atoms with van der Waals surface area (Å²) in [5.74, 6) is 0. The van der Waals surface area contributed by atoms with Gasteiger partial charge in [0.2, 0.25) is 10.0 Å². The van der Waals surface area contributed by atoms with E-state index in [4.69, 9.17) is 0 Å². The molecule has 1 fully saturated rings. The standard InChI is InChI=1S/C14H21NO3S/c1-4-7-14(16)9-15(10-14)19(17,18)13-6-5-11(2)12(3)8-13/h5-6,8,16H,4,7,9-10H2,1-3H3. The van der Waals surface area contributed by atoms with Crippen LogP contribution in [-0.2, 0) is 10.0 Å². The first-order valence-corrected chi connectivity index (χ1v) is 8.02. The van der Waals surface area contributed by atoms with Crippen LogP contribution in [0.5, 0.6) is 0 Å². The van der Waals surface area contributed by atoms with Crippen LogP contribution in [0.1, 0.15) is 30.9 Å². The van der Waals surface area contributed by atoms with Crippen LogP contribution in [0.25, 0.3) is 0 Å². The van der Waals surface area contributed by atoms with Gasteiger partial charge in [-0.05, 0) is 43.5 Å². The lowest BCUT2D eigenvalue weighted by Gasteiger charge is -2.45. The molecule has 1 heterocycles. The third-order valence-corrected chi connectivity index (χ3v) is 5.56. The summed E-state index contributed by atoms with van der Waals surface area (Å²) in [6.45, 7) is 6.25. The van der Waals surface area contributed by atoms with Gasteiger partial charge in [0, 0.05) is 13.1 Å². The zero-order chi connectivity index (χ0) is 14.3. The highest BCUT2D eigenvalue weighted by atomic mass is 32.2. The average molecular weight is 283 g/mol. The molecule has 0 saturated carbocycles. The van der Waals surface area contributed by atoms with Crippen molar-refractivity contribution in [1.82, 2.24) is 4.31 Å². The molecule has 0 spiro atoms. The third-order valence-electron chi connectivity index (χ3n) is 3.77. The highest BCUT2D eigenvalue weighted by Gasteiger charge is 2.46. The van der Waals surface area contributed by atoms with E-state index in [-0.39, 0.29) is 13.1 Å². The Bertz CT molecular complexity index is 574. The average Bonchev–Trinajstić information content (AvgIpc) is 2.29. The van der Waals surface area contributed by atoms with E-state index in [1.807, 2.05) is 26.8 Å². The monoisotopic (exact) mass is 283 g/mol. The molecule has 1 aliphatic heterocycles. The van der Waals surface area contributed by atoms with Crippen molar-refractivity contribution in [3.8, 4) is 0 Å². The maximum atomic E-state index is 12.4. The molecule has 1 aliphatic rings. The second-order valence-corrected chi connectivity index (χ2v) is 7.43. The van der Waals surface area contributed by atoms with Crippen LogP contribution in [0.3, 0.4) is 0 Å². The van der Waals surface area contributed by atoms with Crippen molar-refractivity contribution in [2.45, 2.75) is 44.1 Å². The van der Waals surface area contributed by atoms with Gasteiger partial charge in [-0.3, -0.25) is 0 Å². The van der Waals surface area contributed by atoms with E-state index in [9.17, 15) is 13.5 Å². The topological polar surface area (TPSA) is 57.6 Å². The molecule has 5 heteroatoms. The first-order valence-electron chi connectivity index (χ1n) is 6.58. The Balaban J connectivity index is 2.19. The predicted octanol–water partition coefficient (Wildman–Crippen LogP) is 1.84. The minimum atomic E-state index is -3.46. The van der Waals surface area contributed by atoms with Crippen LogP contribution in [0.15, 0.2) is 23.1 Å². The van der Waals surface area contributed by atoms with Gasteiger partial charge in [-0.1, -0.05) is 19.4 Å². The zero-order valence-electron chi connectivity index (χ0n) is 11.7. The van der Waals surface area contributed by atoms with Crippen LogP contribution in [0.2, 0.25) is 0 Å². The minimum absolute atomic E-state index is 0.204. The molecule has 0 aromatic heterocycles. The minimum Gasteiger partial charge on any atom is -0.387 e. The summed E-state index contributed by atoms with van der Waals surface area (Å²) >= 11 is 0. The Labute approximate surface area is 115 Å². The van der Waals surface area contributed by atoms with E-state index in [1.165, 1.54) is 4.31 Å². The molecule has 4 nitrogen and oxygen atoms in total. The molecule has 2 rings (SSSR count). The Morgan fingerprint density at radius 3 is 2.42 bits per heavy atom. The molecular weight excluding hydrogens is 262 g/mol. The van der Waals surface area contributed by atoms with Crippen LogP contribution < -0.4 is 0 Å². The highest BCUT2D eigenvalue weighted by Crippen LogP contribution is 2.31. The number of sulfonamides is 1. The van der Waals surface area contributed by atoms with Crippen LogP contribution in [0, 0.1) is 13.8 Å². The van der Waals surface area contributed by atoms with Gasteiger partial charge in [-0.25, -0.2) is 8.42 Å². The summed E-state index contributed by atoms with van der Waals surface area (Å²) in [6, 6.07) is 5.15. The Hall–Kier alpha value is -0.910. The lowest BCUT2D eigenvalue weighted by Crippen LogP contribution is -2.63. The number of β-amino-alcohol motifs (C(OH)–C–C–N with tert-alkyl or cyclic N) is 1. The number of hydrogen-bond donors (Lipinski definition) is 1. The summed E-state index contributed by atoms with van der Waals surface area (Å²) in [5, 5.41) is 10.1. The Kier molecular flexibility index (Phi) is 3.73. The second kappa shape index (κ2) is 4.89. The fourth-order valence-electron chi connectivity index (χ4n) is 2.43. The fourth-order valence-corrected chi connectivity index (χ4v) is 4.11. The van der Waals surface area contributed by atoms with E-state index in [0.29, 0.717) is 11.3 Å². The van der Waals surface area contributed by atoms with Gasteiger partial charge in [-0.2, -0.15) is 4.31 Å². The van der Waals surface area contributed by atoms with Gasteiger partial charge < -0.3 is 5.11 Å². The van der Waals surface area contributed by atoms with Gasteiger partial charge >= 0.3 is 0 Å². The van der Waals surface area contributed by atoms with Crippen molar-refractivity contribution in [3.05, 3.63) is 29.3 Å². The van der Waals surface area contributed by atoms with E-state index >= 15 is 0 Å². The number of nitrogens with zero attached hydrogens (tertiary/aromatic N) is 1. The lowest BCUT2D eigenvalue weighted by atomic mass is 9.92. The summed E-state index contributed by atoms with van der Waals surface area (Å²) in [6.07, 6.45) is 1.50. The first kappa shape index (κ1) is 14.5. The molecule has 0 unspecified atom stereocenters. The smallest absolute Gasteiger partial charge is 0.243 e. The van der Waals surface area contributed by atoms with E-state index in [0.717, 1.165) is 17.5 Å². The predicted molar refractivity (Wildman–Crippen MR) is 74.5 cm³/mol. The molecular formula is C14H21NO3S. The molecule has 1 aromatic rings. The molecule has 106 valence electrons. The zero-order valence-corrected chi connectivity index (χ0v) is 12.5. The molecule has 19 heavy (non-hydrogen) atoms. The summed E-state index contributed by atoms with van der Waals surface area (Å²) in [7, 11) is -3.46. The van der Waals surface area contributed by atoms with Crippen molar-refractivity contribution in [2.75, 3.05) is 13.1 Å². The van der Waals surface area contributed by atoms with E-state index < -0.39 is 15.6 Å². The summed E-state index contributed by atoms with van der Waals surface area (Å²) in [5.41, 5.74) is 1.21. The number of aryl methyl sites for hydroxylation is 2. The summed E-state index contributed by atoms with van der Waals surface area (Å²) < 4.78 is 26.1. The van der Waals surface area contributed by atoms with Gasteiger partial charge in [-0.15, -0.1) is 0 Å². The SMILES string of the molecule is CCCC1(O)CN(S(=O)(=O)c2ccc(C)c(C)c2)C1. The normalized spacial score (nSPS) is 19.2. The molecule has 1 aromatic carbocycles. The molecule has 1 saturated heterocycles. The summed E-state index contributed by atoms with van der Waals surface area (Å²) in [4.78, 5) is 0.314. The molecule has 0 bridgehead atoms. The van der Waals surface area contributed by atoms with Crippen molar-refractivity contribution >= 4 is 10.0 Å². The van der Waals surface area contributed by atoms with Crippen LogP contribution >= 0.6 is 0 Å². The third kappa shape index (κ3) is 2.68. The number of hydrogen-bond acceptors (Lipinski definition) is 3. The molecule has 0 aliphatic carbocycles. The first-order chi connectivity index (χ1) is 8.78. The Morgan fingerprint density at radius 1 is 1.26 bits per heavy atom.